The molecule has 0 aromatic rings. The standard InChI is InChI=1S/C16H29NO2S/c1-15(2)5-3-4-13(11-15)10-14(18)17-12-16(19)6-8-20-9-7-16/h13,19H,3-12H2,1-2H3,(H,17,18). The van der Waals surface area contributed by atoms with Gasteiger partial charge in [0.05, 0.1) is 5.60 Å². The van der Waals surface area contributed by atoms with Crippen LogP contribution < -0.4 is 5.32 Å². The summed E-state index contributed by atoms with van der Waals surface area (Å²) in [5.74, 6) is 2.65. The summed E-state index contributed by atoms with van der Waals surface area (Å²) in [7, 11) is 0. The van der Waals surface area contributed by atoms with Crippen molar-refractivity contribution in [1.82, 2.24) is 5.32 Å². The molecule has 0 spiro atoms. The highest BCUT2D eigenvalue weighted by Gasteiger charge is 2.31. The molecule has 1 saturated heterocycles. The zero-order valence-corrected chi connectivity index (χ0v) is 13.7. The number of nitrogens with one attached hydrogen (secondary N) is 1. The van der Waals surface area contributed by atoms with Gasteiger partial charge >= 0.3 is 0 Å². The van der Waals surface area contributed by atoms with Crippen molar-refractivity contribution in [3.8, 4) is 0 Å². The molecule has 0 aromatic carbocycles. The Morgan fingerprint density at radius 2 is 2.00 bits per heavy atom. The van der Waals surface area contributed by atoms with Gasteiger partial charge in [-0.3, -0.25) is 4.79 Å². The van der Waals surface area contributed by atoms with E-state index in [1.54, 1.807) is 0 Å². The molecule has 1 aliphatic heterocycles. The van der Waals surface area contributed by atoms with E-state index in [9.17, 15) is 9.90 Å². The molecule has 2 rings (SSSR count). The topological polar surface area (TPSA) is 49.3 Å². The van der Waals surface area contributed by atoms with Crippen LogP contribution in [0.25, 0.3) is 0 Å². The van der Waals surface area contributed by atoms with E-state index in [0.29, 0.717) is 24.3 Å². The third-order valence-corrected chi connectivity index (χ3v) is 5.80. The first-order valence-electron chi connectivity index (χ1n) is 7.95. The molecule has 0 aromatic heterocycles. The van der Waals surface area contributed by atoms with Crippen LogP contribution in [0.3, 0.4) is 0 Å². The van der Waals surface area contributed by atoms with Gasteiger partial charge in [-0.25, -0.2) is 0 Å². The van der Waals surface area contributed by atoms with Crippen molar-refractivity contribution in [2.45, 2.75) is 64.4 Å². The number of hydrogen-bond acceptors (Lipinski definition) is 3. The lowest BCUT2D eigenvalue weighted by Crippen LogP contribution is -2.45. The molecule has 116 valence electrons. The number of carbonyl (C=O) groups is 1. The van der Waals surface area contributed by atoms with Gasteiger partial charge in [-0.2, -0.15) is 11.8 Å². The minimum absolute atomic E-state index is 0.124. The van der Waals surface area contributed by atoms with E-state index in [0.717, 1.165) is 30.8 Å². The number of rotatable bonds is 4. The van der Waals surface area contributed by atoms with Crippen molar-refractivity contribution in [2.24, 2.45) is 11.3 Å². The first-order valence-corrected chi connectivity index (χ1v) is 9.11. The van der Waals surface area contributed by atoms with E-state index in [2.05, 4.69) is 19.2 Å². The third-order valence-electron chi connectivity index (χ3n) is 4.82. The number of amides is 1. The summed E-state index contributed by atoms with van der Waals surface area (Å²) in [5.41, 5.74) is -0.269. The van der Waals surface area contributed by atoms with Crippen LogP contribution in [-0.2, 0) is 4.79 Å². The van der Waals surface area contributed by atoms with Crippen LogP contribution in [0, 0.1) is 11.3 Å². The van der Waals surface area contributed by atoms with Crippen LogP contribution in [0.5, 0.6) is 0 Å². The molecule has 2 aliphatic rings. The fourth-order valence-electron chi connectivity index (χ4n) is 3.55. The lowest BCUT2D eigenvalue weighted by Gasteiger charge is -2.35. The fraction of sp³-hybridized carbons (Fsp3) is 0.938. The highest BCUT2D eigenvalue weighted by Crippen LogP contribution is 2.39. The minimum atomic E-state index is -0.660. The van der Waals surface area contributed by atoms with E-state index in [1.807, 2.05) is 11.8 Å². The Hall–Kier alpha value is -0.220. The normalized spacial score (nSPS) is 28.9. The van der Waals surface area contributed by atoms with Crippen LogP contribution in [0.1, 0.15) is 58.8 Å². The van der Waals surface area contributed by atoms with Crippen LogP contribution in [0.2, 0.25) is 0 Å². The van der Waals surface area contributed by atoms with E-state index in [-0.39, 0.29) is 5.91 Å². The second kappa shape index (κ2) is 6.69. The Morgan fingerprint density at radius 3 is 2.65 bits per heavy atom. The first-order chi connectivity index (χ1) is 9.39. The lowest BCUT2D eigenvalue weighted by atomic mass is 9.71. The molecule has 1 unspecified atom stereocenters. The summed E-state index contributed by atoms with van der Waals surface area (Å²) in [6.07, 6.45) is 7.09. The fourth-order valence-corrected chi connectivity index (χ4v) is 4.81. The predicted octanol–water partition coefficient (Wildman–Crippen LogP) is 2.97. The largest absolute Gasteiger partial charge is 0.388 e. The van der Waals surface area contributed by atoms with Gasteiger partial charge in [-0.1, -0.05) is 20.3 Å². The Labute approximate surface area is 127 Å². The van der Waals surface area contributed by atoms with E-state index in [1.165, 1.54) is 19.3 Å². The molecule has 3 nitrogen and oxygen atoms in total. The molecule has 2 N–H and O–H groups in total. The minimum Gasteiger partial charge on any atom is -0.388 e. The summed E-state index contributed by atoms with van der Waals surface area (Å²) >= 11 is 1.89. The highest BCUT2D eigenvalue weighted by molar-refractivity contribution is 7.99. The number of thioether (sulfide) groups is 1. The van der Waals surface area contributed by atoms with Gasteiger partial charge in [0, 0.05) is 13.0 Å². The summed E-state index contributed by atoms with van der Waals surface area (Å²) < 4.78 is 0. The maximum absolute atomic E-state index is 12.1. The first kappa shape index (κ1) is 16.2. The third kappa shape index (κ3) is 4.96. The quantitative estimate of drug-likeness (QED) is 0.839. The van der Waals surface area contributed by atoms with E-state index in [4.69, 9.17) is 0 Å². The van der Waals surface area contributed by atoms with Gasteiger partial charge in [-0.05, 0) is 54.9 Å². The van der Waals surface area contributed by atoms with Crippen molar-refractivity contribution in [3.63, 3.8) is 0 Å². The molecule has 0 radical (unpaired) electrons. The van der Waals surface area contributed by atoms with Gasteiger partial charge in [0.1, 0.15) is 0 Å². The second-order valence-electron chi connectivity index (χ2n) is 7.44. The van der Waals surface area contributed by atoms with Gasteiger partial charge in [0.25, 0.3) is 0 Å². The molecule has 20 heavy (non-hydrogen) atoms. The van der Waals surface area contributed by atoms with Gasteiger partial charge < -0.3 is 10.4 Å². The second-order valence-corrected chi connectivity index (χ2v) is 8.67. The monoisotopic (exact) mass is 299 g/mol. The number of carbonyl (C=O) groups excluding carboxylic acids is 1. The molecule has 1 aliphatic carbocycles. The van der Waals surface area contributed by atoms with Crippen molar-refractivity contribution < 1.29 is 9.90 Å². The zero-order chi connectivity index (χ0) is 14.6. The molecule has 1 amide bonds. The molecule has 4 heteroatoms. The number of hydrogen-bond donors (Lipinski definition) is 2. The van der Waals surface area contributed by atoms with Crippen LogP contribution in [0.4, 0.5) is 0 Å². The van der Waals surface area contributed by atoms with Gasteiger partial charge in [-0.15, -0.1) is 0 Å². The molecule has 1 heterocycles. The van der Waals surface area contributed by atoms with Crippen molar-refractivity contribution in [2.75, 3.05) is 18.1 Å². The molecule has 1 atom stereocenters. The summed E-state index contributed by atoms with van der Waals surface area (Å²) in [6.45, 7) is 5.04. The lowest BCUT2D eigenvalue weighted by molar-refractivity contribution is -0.123. The van der Waals surface area contributed by atoms with Crippen LogP contribution >= 0.6 is 11.8 Å². The summed E-state index contributed by atoms with van der Waals surface area (Å²) in [4.78, 5) is 12.1. The smallest absolute Gasteiger partial charge is 0.220 e. The van der Waals surface area contributed by atoms with Crippen LogP contribution in [-0.4, -0.2) is 34.7 Å². The average Bonchev–Trinajstić information content (AvgIpc) is 2.36. The Morgan fingerprint density at radius 1 is 1.30 bits per heavy atom. The summed E-state index contributed by atoms with van der Waals surface area (Å²) in [5, 5.41) is 13.4. The van der Waals surface area contributed by atoms with Gasteiger partial charge in [0.15, 0.2) is 0 Å². The van der Waals surface area contributed by atoms with Crippen molar-refractivity contribution in [1.29, 1.82) is 0 Å². The Balaban J connectivity index is 1.72. The zero-order valence-electron chi connectivity index (χ0n) is 12.9. The Bertz CT molecular complexity index is 337. The van der Waals surface area contributed by atoms with Crippen molar-refractivity contribution >= 4 is 17.7 Å². The van der Waals surface area contributed by atoms with Crippen molar-refractivity contribution in [3.05, 3.63) is 0 Å². The highest BCUT2D eigenvalue weighted by atomic mass is 32.2. The number of aliphatic hydroxyl groups is 1. The molecule has 2 fully saturated rings. The average molecular weight is 299 g/mol. The SMILES string of the molecule is CC1(C)CCCC(CC(=O)NCC2(O)CCSCC2)C1. The molecule has 0 bridgehead atoms. The van der Waals surface area contributed by atoms with Gasteiger partial charge in [0.2, 0.25) is 5.91 Å². The maximum atomic E-state index is 12.1. The van der Waals surface area contributed by atoms with E-state index >= 15 is 0 Å². The maximum Gasteiger partial charge on any atom is 0.220 e. The Kier molecular flexibility index (Phi) is 5.41. The molecular formula is C16H29NO2S. The molecule has 1 saturated carbocycles. The molecular weight excluding hydrogens is 270 g/mol. The van der Waals surface area contributed by atoms with E-state index < -0.39 is 5.60 Å². The van der Waals surface area contributed by atoms with Crippen LogP contribution in [0.15, 0.2) is 0 Å². The summed E-state index contributed by atoms with van der Waals surface area (Å²) in [6, 6.07) is 0. The predicted molar refractivity (Wildman–Crippen MR) is 84.9 cm³/mol.